The molecule has 98 valence electrons. The van der Waals surface area contributed by atoms with E-state index in [2.05, 4.69) is 12.2 Å². The monoisotopic (exact) mass is 239 g/mol. The molecule has 2 saturated heterocycles. The summed E-state index contributed by atoms with van der Waals surface area (Å²) < 4.78 is 0. The van der Waals surface area contributed by atoms with E-state index >= 15 is 0 Å². The van der Waals surface area contributed by atoms with Crippen LogP contribution in [0.5, 0.6) is 0 Å². The van der Waals surface area contributed by atoms with Crippen LogP contribution in [0.15, 0.2) is 0 Å². The van der Waals surface area contributed by atoms with Gasteiger partial charge in [-0.05, 0) is 39.2 Å². The number of nitrogens with zero attached hydrogens (tertiary/aromatic N) is 2. The van der Waals surface area contributed by atoms with Crippen LogP contribution in [-0.2, 0) is 0 Å². The lowest BCUT2D eigenvalue weighted by molar-refractivity contribution is 0.156. The summed E-state index contributed by atoms with van der Waals surface area (Å²) in [5.74, 6) is 0. The normalized spacial score (nSPS) is 25.0. The van der Waals surface area contributed by atoms with Gasteiger partial charge in [-0.3, -0.25) is 0 Å². The van der Waals surface area contributed by atoms with Crippen molar-refractivity contribution < 1.29 is 4.79 Å². The predicted octanol–water partition coefficient (Wildman–Crippen LogP) is 1.67. The SMILES string of the molecule is CCN(CC1CCCCN1)C(=O)N1CCCC1. The van der Waals surface area contributed by atoms with Gasteiger partial charge in [-0.1, -0.05) is 6.42 Å². The molecule has 2 heterocycles. The fraction of sp³-hybridized carbons (Fsp3) is 0.923. The minimum absolute atomic E-state index is 0.248. The van der Waals surface area contributed by atoms with E-state index in [9.17, 15) is 4.79 Å². The largest absolute Gasteiger partial charge is 0.325 e. The molecule has 0 radical (unpaired) electrons. The van der Waals surface area contributed by atoms with Gasteiger partial charge in [-0.2, -0.15) is 0 Å². The number of amides is 2. The number of rotatable bonds is 3. The maximum Gasteiger partial charge on any atom is 0.320 e. The van der Waals surface area contributed by atoms with Crippen molar-refractivity contribution in [2.75, 3.05) is 32.7 Å². The number of hydrogen-bond donors (Lipinski definition) is 1. The van der Waals surface area contributed by atoms with Gasteiger partial charge in [0.2, 0.25) is 0 Å². The Kier molecular flexibility index (Phi) is 4.66. The van der Waals surface area contributed by atoms with Crippen LogP contribution in [0.3, 0.4) is 0 Å². The number of hydrogen-bond acceptors (Lipinski definition) is 2. The number of nitrogens with one attached hydrogen (secondary N) is 1. The summed E-state index contributed by atoms with van der Waals surface area (Å²) in [6.45, 7) is 6.80. The van der Waals surface area contributed by atoms with Gasteiger partial charge in [0.15, 0.2) is 0 Å². The summed E-state index contributed by atoms with van der Waals surface area (Å²) in [6.07, 6.45) is 6.13. The third kappa shape index (κ3) is 3.35. The molecule has 4 heteroatoms. The first-order valence-corrected chi connectivity index (χ1v) is 7.08. The van der Waals surface area contributed by atoms with E-state index in [-0.39, 0.29) is 6.03 Å². The highest BCUT2D eigenvalue weighted by atomic mass is 16.2. The van der Waals surface area contributed by atoms with E-state index in [1.165, 1.54) is 32.1 Å². The maximum atomic E-state index is 12.3. The number of carbonyl (C=O) groups is 1. The lowest BCUT2D eigenvalue weighted by Crippen LogP contribution is -2.49. The second-order valence-electron chi connectivity index (χ2n) is 5.16. The summed E-state index contributed by atoms with van der Waals surface area (Å²) in [5.41, 5.74) is 0. The van der Waals surface area contributed by atoms with Crippen molar-refractivity contribution in [2.24, 2.45) is 0 Å². The molecule has 0 bridgehead atoms. The Hall–Kier alpha value is -0.770. The number of likely N-dealkylation sites (N-methyl/N-ethyl adjacent to an activating group) is 1. The minimum Gasteiger partial charge on any atom is -0.325 e. The van der Waals surface area contributed by atoms with E-state index in [0.717, 1.165) is 32.7 Å². The Balaban J connectivity index is 1.83. The summed E-state index contributed by atoms with van der Waals surface area (Å²) >= 11 is 0. The zero-order valence-electron chi connectivity index (χ0n) is 11.0. The topological polar surface area (TPSA) is 35.6 Å². The first-order chi connectivity index (χ1) is 8.31. The zero-order chi connectivity index (χ0) is 12.1. The van der Waals surface area contributed by atoms with Gasteiger partial charge in [-0.15, -0.1) is 0 Å². The fourth-order valence-electron chi connectivity index (χ4n) is 2.80. The summed E-state index contributed by atoms with van der Waals surface area (Å²) in [7, 11) is 0. The van der Waals surface area contributed by atoms with Crippen molar-refractivity contribution in [3.05, 3.63) is 0 Å². The van der Waals surface area contributed by atoms with Crippen LogP contribution >= 0.6 is 0 Å². The van der Waals surface area contributed by atoms with Gasteiger partial charge < -0.3 is 15.1 Å². The highest BCUT2D eigenvalue weighted by Gasteiger charge is 2.25. The second-order valence-corrected chi connectivity index (χ2v) is 5.16. The Morgan fingerprint density at radius 3 is 2.65 bits per heavy atom. The molecular formula is C13H25N3O. The lowest BCUT2D eigenvalue weighted by atomic mass is 10.0. The van der Waals surface area contributed by atoms with Crippen LogP contribution in [0.25, 0.3) is 0 Å². The van der Waals surface area contributed by atoms with E-state index < -0.39 is 0 Å². The molecular weight excluding hydrogens is 214 g/mol. The molecule has 0 aromatic carbocycles. The van der Waals surface area contributed by atoms with E-state index in [1.54, 1.807) is 0 Å². The Labute approximate surface area is 104 Å². The van der Waals surface area contributed by atoms with Crippen LogP contribution < -0.4 is 5.32 Å². The van der Waals surface area contributed by atoms with Crippen molar-refractivity contribution in [3.8, 4) is 0 Å². The number of likely N-dealkylation sites (tertiary alicyclic amines) is 1. The fourth-order valence-corrected chi connectivity index (χ4v) is 2.80. The molecule has 0 aliphatic carbocycles. The highest BCUT2D eigenvalue weighted by Crippen LogP contribution is 2.13. The molecule has 0 spiro atoms. The molecule has 0 aromatic rings. The molecule has 0 saturated carbocycles. The smallest absolute Gasteiger partial charge is 0.320 e. The van der Waals surface area contributed by atoms with Gasteiger partial charge in [0.1, 0.15) is 0 Å². The van der Waals surface area contributed by atoms with Gasteiger partial charge in [0.25, 0.3) is 0 Å². The standard InChI is InChI=1S/C13H25N3O/c1-2-15(11-12-7-3-4-8-14-12)13(17)16-9-5-6-10-16/h12,14H,2-11H2,1H3. The average molecular weight is 239 g/mol. The Bertz CT molecular complexity index is 245. The van der Waals surface area contributed by atoms with Gasteiger partial charge in [-0.25, -0.2) is 4.79 Å². The summed E-state index contributed by atoms with van der Waals surface area (Å²) in [4.78, 5) is 16.3. The molecule has 2 amide bonds. The van der Waals surface area contributed by atoms with Crippen molar-refractivity contribution >= 4 is 6.03 Å². The van der Waals surface area contributed by atoms with Crippen LogP contribution in [0, 0.1) is 0 Å². The van der Waals surface area contributed by atoms with Gasteiger partial charge in [0.05, 0.1) is 0 Å². The van der Waals surface area contributed by atoms with Crippen molar-refractivity contribution in [1.29, 1.82) is 0 Å². The van der Waals surface area contributed by atoms with Crippen LogP contribution in [-0.4, -0.2) is 54.6 Å². The molecule has 1 N–H and O–H groups in total. The molecule has 4 nitrogen and oxygen atoms in total. The third-order valence-electron chi connectivity index (χ3n) is 3.88. The van der Waals surface area contributed by atoms with E-state index in [4.69, 9.17) is 0 Å². The van der Waals surface area contributed by atoms with Crippen LogP contribution in [0.4, 0.5) is 4.79 Å². The molecule has 17 heavy (non-hydrogen) atoms. The number of carbonyl (C=O) groups excluding carboxylic acids is 1. The molecule has 1 unspecified atom stereocenters. The molecule has 2 aliphatic rings. The molecule has 2 rings (SSSR count). The summed E-state index contributed by atoms with van der Waals surface area (Å²) in [6, 6.07) is 0.757. The number of piperidine rings is 1. The van der Waals surface area contributed by atoms with E-state index in [1.807, 2.05) is 9.80 Å². The first-order valence-electron chi connectivity index (χ1n) is 7.08. The zero-order valence-corrected chi connectivity index (χ0v) is 11.0. The number of urea groups is 1. The van der Waals surface area contributed by atoms with Gasteiger partial charge in [0, 0.05) is 32.2 Å². The van der Waals surface area contributed by atoms with Crippen molar-refractivity contribution in [3.63, 3.8) is 0 Å². The second kappa shape index (κ2) is 6.24. The highest BCUT2D eigenvalue weighted by molar-refractivity contribution is 5.74. The Morgan fingerprint density at radius 1 is 1.29 bits per heavy atom. The molecule has 1 atom stereocenters. The quantitative estimate of drug-likeness (QED) is 0.813. The Morgan fingerprint density at radius 2 is 2.06 bits per heavy atom. The van der Waals surface area contributed by atoms with Crippen molar-refractivity contribution in [1.82, 2.24) is 15.1 Å². The molecule has 2 fully saturated rings. The predicted molar refractivity (Wildman–Crippen MR) is 69.1 cm³/mol. The average Bonchev–Trinajstić information content (AvgIpc) is 2.90. The third-order valence-corrected chi connectivity index (χ3v) is 3.88. The lowest BCUT2D eigenvalue weighted by Gasteiger charge is -2.32. The van der Waals surface area contributed by atoms with Crippen LogP contribution in [0.2, 0.25) is 0 Å². The first kappa shape index (κ1) is 12.7. The van der Waals surface area contributed by atoms with Crippen molar-refractivity contribution in [2.45, 2.75) is 45.1 Å². The maximum absolute atomic E-state index is 12.3. The summed E-state index contributed by atoms with van der Waals surface area (Å²) in [5, 5.41) is 3.52. The minimum atomic E-state index is 0.248. The van der Waals surface area contributed by atoms with E-state index in [0.29, 0.717) is 6.04 Å². The van der Waals surface area contributed by atoms with Gasteiger partial charge >= 0.3 is 6.03 Å². The van der Waals surface area contributed by atoms with Crippen LogP contribution in [0.1, 0.15) is 39.0 Å². The molecule has 0 aromatic heterocycles. The molecule has 2 aliphatic heterocycles.